The lowest BCUT2D eigenvalue weighted by molar-refractivity contribution is -0.268. The smallest absolute Gasteiger partial charge is 0.296 e. The lowest BCUT2D eigenvalue weighted by Gasteiger charge is -2.64. The van der Waals surface area contributed by atoms with E-state index in [-0.39, 0.29) is 22.3 Å². The monoisotopic (exact) mass is 466 g/mol. The summed E-state index contributed by atoms with van der Waals surface area (Å²) < 4.78 is 32.8. The second kappa shape index (κ2) is 5.27. The van der Waals surface area contributed by atoms with Gasteiger partial charge in [0.15, 0.2) is 0 Å². The highest BCUT2D eigenvalue weighted by molar-refractivity contribution is 7.86. The van der Waals surface area contributed by atoms with Crippen molar-refractivity contribution in [1.29, 1.82) is 0 Å². The van der Waals surface area contributed by atoms with Crippen LogP contribution in [0.5, 0.6) is 0 Å². The van der Waals surface area contributed by atoms with Crippen molar-refractivity contribution in [2.45, 2.75) is 56.4 Å². The predicted octanol–water partition coefficient (Wildman–Crippen LogP) is 4.26. The molecule has 5 heteroatoms. The van der Waals surface area contributed by atoms with Gasteiger partial charge in [0.05, 0.1) is 17.1 Å². The van der Waals surface area contributed by atoms with Gasteiger partial charge in [0, 0.05) is 10.8 Å². The first kappa shape index (κ1) is 19.3. The molecule has 1 aromatic carbocycles. The minimum absolute atomic E-state index is 0.0272. The fourth-order valence-electron chi connectivity index (χ4n) is 14.0. The molecular formula is C28H34O4S. The largest absolute Gasteiger partial charge is 0.388 e. The van der Waals surface area contributed by atoms with Crippen LogP contribution in [0.4, 0.5) is 0 Å². The van der Waals surface area contributed by atoms with Gasteiger partial charge in [0.1, 0.15) is 0 Å². The first-order valence-electron chi connectivity index (χ1n) is 13.5. The Labute approximate surface area is 196 Å². The number of hydrogen-bond acceptors (Lipinski definition) is 4. The molecule has 9 saturated carbocycles. The summed E-state index contributed by atoms with van der Waals surface area (Å²) in [5, 5.41) is 13.1. The second-order valence-corrected chi connectivity index (χ2v) is 15.2. The maximum absolute atomic E-state index is 13.4. The molecule has 4 nitrogen and oxygen atoms in total. The molecule has 9 aliphatic carbocycles. The van der Waals surface area contributed by atoms with Crippen molar-refractivity contribution in [3.05, 3.63) is 29.8 Å². The van der Waals surface area contributed by atoms with E-state index >= 15 is 0 Å². The number of rotatable bonds is 4. The summed E-state index contributed by atoms with van der Waals surface area (Å²) >= 11 is 0. The third-order valence-corrected chi connectivity index (χ3v) is 15.0. The molecule has 10 rings (SSSR count). The van der Waals surface area contributed by atoms with Gasteiger partial charge in [-0.3, -0.25) is 4.18 Å². The highest BCUT2D eigenvalue weighted by Gasteiger charge is 2.99. The lowest BCUT2D eigenvalue weighted by atomic mass is 9.43. The average Bonchev–Trinajstić information content (AvgIpc) is 3.55. The molecule has 0 heterocycles. The number of fused-ring (bicyclic) bond motifs is 1. The molecule has 0 spiro atoms. The summed E-state index contributed by atoms with van der Waals surface area (Å²) in [6.07, 6.45) is 6.32. The first-order valence-corrected chi connectivity index (χ1v) is 14.9. The number of aliphatic hydroxyl groups is 1. The summed E-state index contributed by atoms with van der Waals surface area (Å²) in [7, 11) is -3.85. The van der Waals surface area contributed by atoms with Crippen molar-refractivity contribution in [2.75, 3.05) is 6.61 Å². The molecule has 0 radical (unpaired) electrons. The minimum Gasteiger partial charge on any atom is -0.388 e. The third kappa shape index (κ3) is 1.58. The summed E-state index contributed by atoms with van der Waals surface area (Å²) in [6.45, 7) is 4.64. The van der Waals surface area contributed by atoms with Crippen LogP contribution < -0.4 is 0 Å². The predicted molar refractivity (Wildman–Crippen MR) is 121 cm³/mol. The van der Waals surface area contributed by atoms with Gasteiger partial charge in [-0.25, -0.2) is 0 Å². The maximum Gasteiger partial charge on any atom is 0.296 e. The molecule has 9 bridgehead atoms. The molecule has 1 aromatic rings. The Hall–Kier alpha value is -0.910. The molecule has 0 aliphatic heterocycles. The molecule has 0 amide bonds. The van der Waals surface area contributed by atoms with Gasteiger partial charge < -0.3 is 5.11 Å². The van der Waals surface area contributed by atoms with Crippen molar-refractivity contribution in [3.8, 4) is 0 Å². The lowest BCUT2D eigenvalue weighted by Crippen LogP contribution is -2.71. The van der Waals surface area contributed by atoms with Crippen molar-refractivity contribution in [3.63, 3.8) is 0 Å². The SMILES string of the molecule is Cc1ccc(S(=O)(=O)OC[C@]23[C@@H]4[C@@H]5CCC[C@@H]5[C@@H]5[C@@H]4[C@H]4[C@@H]6[C@@H]7[C@@H](CC[C@H]7[C@]2(O)[C@@]65C)[C@@H]43)cc1. The summed E-state index contributed by atoms with van der Waals surface area (Å²) in [5.41, 5.74) is -0.0802. The van der Waals surface area contributed by atoms with Crippen molar-refractivity contribution in [2.24, 2.45) is 75.9 Å². The van der Waals surface area contributed by atoms with E-state index in [2.05, 4.69) is 6.92 Å². The van der Waals surface area contributed by atoms with E-state index in [0.717, 1.165) is 29.7 Å². The Bertz CT molecular complexity index is 1210. The molecule has 33 heavy (non-hydrogen) atoms. The molecule has 1 N–H and O–H groups in total. The van der Waals surface area contributed by atoms with Crippen molar-refractivity contribution in [1.82, 2.24) is 0 Å². The molecule has 176 valence electrons. The van der Waals surface area contributed by atoms with Gasteiger partial charge >= 0.3 is 0 Å². The zero-order valence-electron chi connectivity index (χ0n) is 19.5. The van der Waals surface area contributed by atoms with Gasteiger partial charge in [-0.05, 0) is 110 Å². The number of benzene rings is 1. The topological polar surface area (TPSA) is 63.6 Å². The van der Waals surface area contributed by atoms with Crippen molar-refractivity contribution < 1.29 is 17.7 Å². The van der Waals surface area contributed by atoms with E-state index in [9.17, 15) is 13.5 Å². The Morgan fingerprint density at radius 1 is 0.909 bits per heavy atom. The van der Waals surface area contributed by atoms with Crippen LogP contribution in [0.2, 0.25) is 0 Å². The Kier molecular flexibility index (Phi) is 3.08. The highest BCUT2D eigenvalue weighted by Crippen LogP contribution is 2.98. The molecular weight excluding hydrogens is 432 g/mol. The van der Waals surface area contributed by atoms with Crippen LogP contribution in [0.1, 0.15) is 44.6 Å². The fourth-order valence-corrected chi connectivity index (χ4v) is 14.9. The summed E-state index contributed by atoms with van der Waals surface area (Å²) in [4.78, 5) is 0.250. The van der Waals surface area contributed by atoms with Crippen LogP contribution in [0.3, 0.4) is 0 Å². The first-order chi connectivity index (χ1) is 15.8. The Morgan fingerprint density at radius 3 is 2.33 bits per heavy atom. The van der Waals surface area contributed by atoms with Crippen LogP contribution in [0.15, 0.2) is 29.2 Å². The van der Waals surface area contributed by atoms with E-state index in [0.29, 0.717) is 47.3 Å². The average molecular weight is 467 g/mol. The normalized spacial score (nSPS) is 61.7. The van der Waals surface area contributed by atoms with Crippen LogP contribution in [-0.4, -0.2) is 25.7 Å². The summed E-state index contributed by atoms with van der Waals surface area (Å²) in [6, 6.07) is 7.02. The zero-order valence-corrected chi connectivity index (χ0v) is 20.3. The quantitative estimate of drug-likeness (QED) is 0.674. The van der Waals surface area contributed by atoms with E-state index in [1.807, 2.05) is 19.1 Å². The van der Waals surface area contributed by atoms with Gasteiger partial charge in [0.25, 0.3) is 10.1 Å². The zero-order chi connectivity index (χ0) is 22.3. The van der Waals surface area contributed by atoms with E-state index in [1.165, 1.54) is 25.7 Å². The maximum atomic E-state index is 13.4. The molecule has 9 fully saturated rings. The van der Waals surface area contributed by atoms with Crippen LogP contribution >= 0.6 is 0 Å². The third-order valence-electron chi connectivity index (χ3n) is 13.7. The Balaban J connectivity index is 1.22. The molecule has 0 aromatic heterocycles. The van der Waals surface area contributed by atoms with E-state index in [1.54, 1.807) is 12.1 Å². The van der Waals surface area contributed by atoms with Crippen LogP contribution in [-0.2, 0) is 14.3 Å². The molecule has 9 aliphatic rings. The Morgan fingerprint density at radius 2 is 1.58 bits per heavy atom. The number of hydrogen-bond donors (Lipinski definition) is 1. The molecule has 0 saturated heterocycles. The second-order valence-electron chi connectivity index (χ2n) is 13.6. The molecule has 0 unspecified atom stereocenters. The minimum atomic E-state index is -3.85. The van der Waals surface area contributed by atoms with E-state index in [4.69, 9.17) is 4.18 Å². The highest BCUT2D eigenvalue weighted by atomic mass is 32.2. The van der Waals surface area contributed by atoms with Gasteiger partial charge in [0.2, 0.25) is 0 Å². The van der Waals surface area contributed by atoms with Crippen molar-refractivity contribution >= 4 is 10.1 Å². The van der Waals surface area contributed by atoms with Crippen LogP contribution in [0, 0.1) is 82.9 Å². The molecule has 14 atom stereocenters. The van der Waals surface area contributed by atoms with Crippen LogP contribution in [0.25, 0.3) is 0 Å². The summed E-state index contributed by atoms with van der Waals surface area (Å²) in [5.74, 6) is 6.98. The standard InChI is InChI=1S/C28H34O4S/c1-13-6-8-14(9-7-13)33(30,31)32-12-27-23-16-5-3-4-15(16)22-20(23)21-24(27)17-10-11-18-19(17)25(21)26(22,2)28(18,27)29/h6-9,15-25,29H,3-5,10-12H2,1-2H3/t15-,16+,17+,18+,19+,20-,21+,22+,23+,24-,25-,26+,27+,28-/m0/s1. The fraction of sp³-hybridized carbons (Fsp3) is 0.786. The van der Waals surface area contributed by atoms with Gasteiger partial charge in [-0.15, -0.1) is 0 Å². The van der Waals surface area contributed by atoms with Gasteiger partial charge in [-0.1, -0.05) is 31.0 Å². The number of aryl methyl sites for hydroxylation is 1. The van der Waals surface area contributed by atoms with Gasteiger partial charge in [-0.2, -0.15) is 8.42 Å². The van der Waals surface area contributed by atoms with E-state index < -0.39 is 15.7 Å².